The van der Waals surface area contributed by atoms with Gasteiger partial charge in [-0.1, -0.05) is 12.1 Å². The molecular formula is C17H15N3O4. The van der Waals surface area contributed by atoms with E-state index in [1.807, 2.05) is 0 Å². The summed E-state index contributed by atoms with van der Waals surface area (Å²) in [5.41, 5.74) is 1.76. The molecule has 0 aliphatic carbocycles. The lowest BCUT2D eigenvalue weighted by Gasteiger charge is -2.08. The molecule has 0 saturated heterocycles. The second-order valence-corrected chi connectivity index (χ2v) is 4.99. The average molecular weight is 325 g/mol. The third kappa shape index (κ3) is 2.91. The first-order chi connectivity index (χ1) is 11.6. The van der Waals surface area contributed by atoms with Crippen molar-refractivity contribution in [2.75, 3.05) is 19.5 Å². The van der Waals surface area contributed by atoms with Gasteiger partial charge in [-0.2, -0.15) is 0 Å². The van der Waals surface area contributed by atoms with E-state index in [2.05, 4.69) is 20.0 Å². The van der Waals surface area contributed by atoms with Crippen LogP contribution < -0.4 is 10.1 Å². The smallest absolute Gasteiger partial charge is 0.354 e. The molecule has 24 heavy (non-hydrogen) atoms. The minimum absolute atomic E-state index is 0.299. The number of hydrogen-bond donors (Lipinski definition) is 2. The number of esters is 1. The van der Waals surface area contributed by atoms with E-state index in [1.165, 1.54) is 20.4 Å². The van der Waals surface area contributed by atoms with Crippen molar-refractivity contribution in [3.05, 3.63) is 53.9 Å². The second-order valence-electron chi connectivity index (χ2n) is 4.99. The number of nitrogens with zero attached hydrogens (tertiary/aromatic N) is 1. The molecule has 0 radical (unpaired) electrons. The van der Waals surface area contributed by atoms with Gasteiger partial charge in [-0.05, 0) is 24.3 Å². The van der Waals surface area contributed by atoms with Crippen LogP contribution in [0, 0.1) is 0 Å². The Bertz CT molecular complexity index is 917. The van der Waals surface area contributed by atoms with Crippen LogP contribution in [0.15, 0.2) is 42.6 Å². The van der Waals surface area contributed by atoms with Crippen LogP contribution in [0.25, 0.3) is 11.0 Å². The summed E-state index contributed by atoms with van der Waals surface area (Å²) < 4.78 is 9.85. The Labute approximate surface area is 137 Å². The molecule has 0 aliphatic rings. The second kappa shape index (κ2) is 6.41. The fraction of sp³-hybridized carbons (Fsp3) is 0.118. The number of ether oxygens (including phenoxy) is 2. The lowest BCUT2D eigenvalue weighted by atomic mass is 10.2. The zero-order chi connectivity index (χ0) is 17.1. The van der Waals surface area contributed by atoms with Crippen molar-refractivity contribution in [2.24, 2.45) is 0 Å². The topological polar surface area (TPSA) is 93.3 Å². The molecule has 1 aromatic carbocycles. The molecule has 2 heterocycles. The van der Waals surface area contributed by atoms with Crippen molar-refractivity contribution in [3.63, 3.8) is 0 Å². The van der Waals surface area contributed by atoms with Crippen LogP contribution in [0.2, 0.25) is 0 Å². The summed E-state index contributed by atoms with van der Waals surface area (Å²) in [5.74, 6) is -0.302. The molecule has 7 nitrogen and oxygen atoms in total. The highest BCUT2D eigenvalue weighted by molar-refractivity contribution is 6.06. The summed E-state index contributed by atoms with van der Waals surface area (Å²) in [7, 11) is 2.81. The molecule has 0 saturated carbocycles. The Morgan fingerprint density at radius 3 is 2.71 bits per heavy atom. The number of methoxy groups -OCH3 is 2. The van der Waals surface area contributed by atoms with Crippen LogP contribution in [0.1, 0.15) is 20.8 Å². The van der Waals surface area contributed by atoms with E-state index in [1.54, 1.807) is 36.4 Å². The maximum Gasteiger partial charge on any atom is 0.354 e. The number of fused-ring (bicyclic) bond motifs is 1. The molecule has 1 amide bonds. The molecule has 0 aliphatic heterocycles. The van der Waals surface area contributed by atoms with Crippen molar-refractivity contribution in [2.45, 2.75) is 0 Å². The quantitative estimate of drug-likeness (QED) is 0.719. The lowest BCUT2D eigenvalue weighted by molar-refractivity contribution is 0.0595. The summed E-state index contributed by atoms with van der Waals surface area (Å²) in [6.45, 7) is 0. The summed E-state index contributed by atoms with van der Waals surface area (Å²) >= 11 is 0. The van der Waals surface area contributed by atoms with Gasteiger partial charge in [-0.3, -0.25) is 4.79 Å². The number of amides is 1. The van der Waals surface area contributed by atoms with Crippen LogP contribution in [0.4, 0.5) is 5.69 Å². The van der Waals surface area contributed by atoms with Gasteiger partial charge in [0.05, 0.1) is 31.7 Å². The number of H-pyrrole nitrogens is 1. The largest absolute Gasteiger partial charge is 0.496 e. The van der Waals surface area contributed by atoms with Crippen molar-refractivity contribution in [1.82, 2.24) is 9.97 Å². The van der Waals surface area contributed by atoms with E-state index < -0.39 is 5.97 Å². The zero-order valence-electron chi connectivity index (χ0n) is 13.1. The fourth-order valence-electron chi connectivity index (χ4n) is 2.33. The number of benzene rings is 1. The first-order valence-corrected chi connectivity index (χ1v) is 7.14. The van der Waals surface area contributed by atoms with Gasteiger partial charge in [-0.25, -0.2) is 9.78 Å². The molecule has 0 bridgehead atoms. The molecule has 2 aromatic heterocycles. The Kier molecular flexibility index (Phi) is 4.15. The summed E-state index contributed by atoms with van der Waals surface area (Å²) in [4.78, 5) is 31.0. The number of nitrogens with one attached hydrogen (secondary N) is 2. The molecular weight excluding hydrogens is 310 g/mol. The van der Waals surface area contributed by atoms with Gasteiger partial charge in [0, 0.05) is 5.39 Å². The molecule has 0 unspecified atom stereocenters. The van der Waals surface area contributed by atoms with E-state index in [4.69, 9.17) is 4.74 Å². The molecule has 122 valence electrons. The third-order valence-electron chi connectivity index (χ3n) is 3.48. The highest BCUT2D eigenvalue weighted by Gasteiger charge is 2.14. The number of aromatic nitrogens is 2. The molecule has 3 aromatic rings. The molecule has 7 heteroatoms. The van der Waals surface area contributed by atoms with E-state index >= 15 is 0 Å². The van der Waals surface area contributed by atoms with E-state index in [-0.39, 0.29) is 5.91 Å². The normalized spacial score (nSPS) is 10.4. The van der Waals surface area contributed by atoms with Gasteiger partial charge < -0.3 is 19.8 Å². The Hall–Kier alpha value is -3.35. The standard InChI is InChI=1S/C17H15N3O4/c1-23-14-6-4-3-5-12(14)16(21)19-11-7-10-8-13(17(22)24-2)20-15(10)18-9-11/h3-9H,1-2H3,(H,18,20)(H,19,21). The Balaban J connectivity index is 1.87. The van der Waals surface area contributed by atoms with Gasteiger partial charge in [0.25, 0.3) is 5.91 Å². The van der Waals surface area contributed by atoms with Gasteiger partial charge in [0.2, 0.25) is 0 Å². The summed E-state index contributed by atoms with van der Waals surface area (Å²) in [5, 5.41) is 3.45. The maximum atomic E-state index is 12.4. The summed E-state index contributed by atoms with van der Waals surface area (Å²) in [6.07, 6.45) is 1.51. The molecule has 3 rings (SSSR count). The Morgan fingerprint density at radius 2 is 1.96 bits per heavy atom. The monoisotopic (exact) mass is 325 g/mol. The van der Waals surface area contributed by atoms with Crippen molar-refractivity contribution < 1.29 is 19.1 Å². The minimum atomic E-state index is -0.479. The number of para-hydroxylation sites is 1. The van der Waals surface area contributed by atoms with Crippen LogP contribution in [-0.2, 0) is 4.74 Å². The van der Waals surface area contributed by atoms with Crippen LogP contribution in [-0.4, -0.2) is 36.1 Å². The van der Waals surface area contributed by atoms with Gasteiger partial charge >= 0.3 is 5.97 Å². The van der Waals surface area contributed by atoms with Crippen molar-refractivity contribution in [1.29, 1.82) is 0 Å². The van der Waals surface area contributed by atoms with E-state index in [9.17, 15) is 9.59 Å². The van der Waals surface area contributed by atoms with Crippen LogP contribution in [0.5, 0.6) is 5.75 Å². The summed E-state index contributed by atoms with van der Waals surface area (Å²) in [6, 6.07) is 10.3. The average Bonchev–Trinajstić information content (AvgIpc) is 3.04. The highest BCUT2D eigenvalue weighted by atomic mass is 16.5. The first-order valence-electron chi connectivity index (χ1n) is 7.14. The lowest BCUT2D eigenvalue weighted by Crippen LogP contribution is -2.13. The van der Waals surface area contributed by atoms with Crippen molar-refractivity contribution in [3.8, 4) is 5.75 Å². The van der Waals surface area contributed by atoms with E-state index in [0.717, 1.165) is 0 Å². The van der Waals surface area contributed by atoms with Crippen molar-refractivity contribution >= 4 is 28.6 Å². The third-order valence-corrected chi connectivity index (χ3v) is 3.48. The maximum absolute atomic E-state index is 12.4. The molecule has 0 atom stereocenters. The van der Waals surface area contributed by atoms with Gasteiger partial charge in [-0.15, -0.1) is 0 Å². The number of hydrogen-bond acceptors (Lipinski definition) is 5. The highest BCUT2D eigenvalue weighted by Crippen LogP contribution is 2.21. The van der Waals surface area contributed by atoms with Crippen LogP contribution >= 0.6 is 0 Å². The predicted molar refractivity (Wildman–Crippen MR) is 88.4 cm³/mol. The predicted octanol–water partition coefficient (Wildman–Crippen LogP) is 2.61. The van der Waals surface area contributed by atoms with E-state index in [0.29, 0.717) is 33.7 Å². The molecule has 0 fully saturated rings. The number of rotatable bonds is 4. The first kappa shape index (κ1) is 15.5. The fourth-order valence-corrected chi connectivity index (χ4v) is 2.33. The molecule has 0 spiro atoms. The van der Waals surface area contributed by atoms with Crippen LogP contribution in [0.3, 0.4) is 0 Å². The number of carbonyl (C=O) groups is 2. The number of anilines is 1. The minimum Gasteiger partial charge on any atom is -0.496 e. The number of carbonyl (C=O) groups excluding carboxylic acids is 2. The van der Waals surface area contributed by atoms with Gasteiger partial charge in [0.1, 0.15) is 17.1 Å². The SMILES string of the molecule is COC(=O)c1cc2cc(NC(=O)c3ccccc3OC)cnc2[nH]1. The zero-order valence-corrected chi connectivity index (χ0v) is 13.1. The number of pyridine rings is 1. The Morgan fingerprint density at radius 1 is 1.17 bits per heavy atom. The number of aromatic amines is 1. The van der Waals surface area contributed by atoms with Gasteiger partial charge in [0.15, 0.2) is 0 Å². The molecule has 2 N–H and O–H groups in total.